The van der Waals surface area contributed by atoms with Gasteiger partial charge in [0.05, 0.1) is 0 Å². The zero-order valence-corrected chi connectivity index (χ0v) is 16.1. The molecule has 3 aliphatic rings. The standard InChI is InChI=1S/C21H22N2O6/c1-21(7-6-16-18(9-21)29-13-27-16)11-23-20(25)5-4-19(24)22-10-14-2-3-15-17(8-14)28-12-26-15/h2-8H,9-13H2,1H3,(H,22,24)(H,23,25)/p+1. The Morgan fingerprint density at radius 3 is 2.86 bits per heavy atom. The van der Waals surface area contributed by atoms with Gasteiger partial charge in [-0.15, -0.1) is 0 Å². The Hall–Kier alpha value is -3.26. The van der Waals surface area contributed by atoms with Crippen molar-refractivity contribution in [1.29, 1.82) is 0 Å². The number of quaternary nitrogens is 1. The van der Waals surface area contributed by atoms with Crippen LogP contribution >= 0.6 is 0 Å². The van der Waals surface area contributed by atoms with Crippen molar-refractivity contribution in [3.05, 3.63) is 59.6 Å². The number of ether oxygens (including phenoxy) is 4. The summed E-state index contributed by atoms with van der Waals surface area (Å²) in [5.74, 6) is 2.42. The fourth-order valence-corrected chi connectivity index (χ4v) is 3.28. The Morgan fingerprint density at radius 2 is 1.97 bits per heavy atom. The van der Waals surface area contributed by atoms with E-state index in [9.17, 15) is 9.59 Å². The molecule has 0 saturated heterocycles. The van der Waals surface area contributed by atoms with Crippen molar-refractivity contribution in [2.75, 3.05) is 20.1 Å². The summed E-state index contributed by atoms with van der Waals surface area (Å²) >= 11 is 0. The van der Waals surface area contributed by atoms with Gasteiger partial charge in [-0.05, 0) is 24.3 Å². The summed E-state index contributed by atoms with van der Waals surface area (Å²) in [6.45, 7) is 3.37. The Morgan fingerprint density at radius 1 is 1.14 bits per heavy atom. The van der Waals surface area contributed by atoms with Crippen LogP contribution in [0.5, 0.6) is 11.5 Å². The highest BCUT2D eigenvalue weighted by atomic mass is 16.7. The predicted molar refractivity (Wildman–Crippen MR) is 101 cm³/mol. The van der Waals surface area contributed by atoms with E-state index in [0.717, 1.165) is 17.1 Å². The van der Waals surface area contributed by atoms with Crippen LogP contribution in [0, 0.1) is 5.41 Å². The molecular weight excluding hydrogens is 376 g/mol. The first-order valence-electron chi connectivity index (χ1n) is 9.40. The number of nitrogens with two attached hydrogens (primary N) is 1. The molecule has 2 aliphatic heterocycles. The van der Waals surface area contributed by atoms with E-state index < -0.39 is 0 Å². The largest absolute Gasteiger partial charge is 0.458 e. The number of carbonyl (C=O) groups excluding carboxylic acids is 2. The second kappa shape index (κ2) is 8.00. The molecule has 1 atom stereocenters. The summed E-state index contributed by atoms with van der Waals surface area (Å²) in [5, 5.41) is 4.36. The third-order valence-electron chi connectivity index (χ3n) is 4.97. The summed E-state index contributed by atoms with van der Waals surface area (Å²) in [5.41, 5.74) is 0.676. The van der Waals surface area contributed by atoms with Gasteiger partial charge in [0.2, 0.25) is 19.5 Å². The third-order valence-corrected chi connectivity index (χ3v) is 4.97. The molecular formula is C21H23N2O6+. The maximum absolute atomic E-state index is 12.1. The Balaban J connectivity index is 1.21. The third kappa shape index (κ3) is 4.60. The smallest absolute Gasteiger partial charge is 0.335 e. The number of rotatable bonds is 6. The molecule has 0 fully saturated rings. The van der Waals surface area contributed by atoms with Gasteiger partial charge in [0.15, 0.2) is 17.3 Å². The topological polar surface area (TPSA) is 99.7 Å². The van der Waals surface area contributed by atoms with Crippen LogP contribution in [-0.2, 0) is 25.6 Å². The normalized spacial score (nSPS) is 21.7. The number of hydrogen-bond acceptors (Lipinski definition) is 6. The molecule has 0 saturated carbocycles. The van der Waals surface area contributed by atoms with E-state index in [2.05, 4.69) is 5.32 Å². The van der Waals surface area contributed by atoms with E-state index >= 15 is 0 Å². The zero-order valence-electron chi connectivity index (χ0n) is 16.1. The van der Waals surface area contributed by atoms with Crippen LogP contribution in [0.2, 0.25) is 0 Å². The van der Waals surface area contributed by atoms with Crippen molar-refractivity contribution in [1.82, 2.24) is 5.32 Å². The van der Waals surface area contributed by atoms with Gasteiger partial charge in [-0.25, -0.2) is 4.79 Å². The van der Waals surface area contributed by atoms with Crippen molar-refractivity contribution in [2.45, 2.75) is 19.9 Å². The first-order valence-corrected chi connectivity index (χ1v) is 9.40. The Bertz CT molecular complexity index is 920. The number of allylic oxidation sites excluding steroid dienone is 2. The number of fused-ring (bicyclic) bond motifs is 1. The van der Waals surface area contributed by atoms with E-state index in [-0.39, 0.29) is 30.8 Å². The van der Waals surface area contributed by atoms with Gasteiger partial charge < -0.3 is 24.3 Å². The van der Waals surface area contributed by atoms with Crippen molar-refractivity contribution < 1.29 is 33.9 Å². The number of benzene rings is 1. The van der Waals surface area contributed by atoms with E-state index in [4.69, 9.17) is 18.9 Å². The van der Waals surface area contributed by atoms with Gasteiger partial charge in [0.25, 0.3) is 0 Å². The highest BCUT2D eigenvalue weighted by molar-refractivity contribution is 5.93. The molecule has 2 amide bonds. The van der Waals surface area contributed by atoms with Gasteiger partial charge in [-0.1, -0.05) is 13.0 Å². The average molecular weight is 399 g/mol. The first-order chi connectivity index (χ1) is 14.0. The zero-order chi connectivity index (χ0) is 20.3. The Kier molecular flexibility index (Phi) is 5.26. The minimum Gasteiger partial charge on any atom is -0.458 e. The van der Waals surface area contributed by atoms with E-state index in [1.807, 2.05) is 37.3 Å². The second-order valence-corrected chi connectivity index (χ2v) is 7.41. The van der Waals surface area contributed by atoms with Crippen LogP contribution in [0.15, 0.2) is 54.0 Å². The second-order valence-electron chi connectivity index (χ2n) is 7.41. The van der Waals surface area contributed by atoms with Crippen LogP contribution in [0.1, 0.15) is 18.9 Å². The summed E-state index contributed by atoms with van der Waals surface area (Å²) in [6, 6.07) is 5.55. The summed E-state index contributed by atoms with van der Waals surface area (Å²) in [7, 11) is 0. The lowest BCUT2D eigenvalue weighted by Crippen LogP contribution is -2.86. The number of nitrogens with one attached hydrogen (secondary N) is 1. The molecule has 8 heteroatoms. The van der Waals surface area contributed by atoms with Crippen molar-refractivity contribution in [3.8, 4) is 11.5 Å². The monoisotopic (exact) mass is 399 g/mol. The fourth-order valence-electron chi connectivity index (χ4n) is 3.28. The van der Waals surface area contributed by atoms with Crippen LogP contribution < -0.4 is 20.1 Å². The summed E-state index contributed by atoms with van der Waals surface area (Å²) < 4.78 is 21.4. The molecule has 4 rings (SSSR count). The van der Waals surface area contributed by atoms with E-state index in [1.54, 1.807) is 0 Å². The van der Waals surface area contributed by atoms with Gasteiger partial charge in [-0.2, -0.15) is 0 Å². The number of amides is 2. The summed E-state index contributed by atoms with van der Waals surface area (Å²) in [6.07, 6.45) is 7.08. The van der Waals surface area contributed by atoms with Crippen LogP contribution in [0.25, 0.3) is 0 Å². The number of hydrogen-bond donors (Lipinski definition) is 2. The van der Waals surface area contributed by atoms with Gasteiger partial charge >= 0.3 is 5.91 Å². The van der Waals surface area contributed by atoms with Gasteiger partial charge in [-0.3, -0.25) is 10.1 Å². The van der Waals surface area contributed by atoms with Gasteiger partial charge in [0.1, 0.15) is 12.3 Å². The number of primary amides is 1. The predicted octanol–water partition coefficient (Wildman–Crippen LogP) is 0.860. The molecule has 0 radical (unpaired) electrons. The first kappa shape index (κ1) is 19.1. The van der Waals surface area contributed by atoms with Crippen molar-refractivity contribution in [2.24, 2.45) is 5.41 Å². The summed E-state index contributed by atoms with van der Waals surface area (Å²) in [4.78, 5) is 24.1. The molecule has 1 aliphatic carbocycles. The molecule has 0 bridgehead atoms. The minimum absolute atomic E-state index is 0.216. The van der Waals surface area contributed by atoms with Crippen LogP contribution in [-0.4, -0.2) is 31.9 Å². The van der Waals surface area contributed by atoms with Crippen LogP contribution in [0.3, 0.4) is 0 Å². The highest BCUT2D eigenvalue weighted by Crippen LogP contribution is 2.37. The van der Waals surface area contributed by atoms with Crippen molar-refractivity contribution in [3.63, 3.8) is 0 Å². The average Bonchev–Trinajstić information content (AvgIpc) is 3.37. The van der Waals surface area contributed by atoms with E-state index in [0.29, 0.717) is 31.0 Å². The molecule has 1 aromatic rings. The SMILES string of the molecule is CC1(CNC(=O)C=CC(=O)[NH2+]Cc2ccc3c(c2)OCO3)C=CC2=C(C1)OCO2. The molecule has 152 valence electrons. The molecule has 1 aromatic carbocycles. The molecule has 2 heterocycles. The molecule has 1 unspecified atom stereocenters. The van der Waals surface area contributed by atoms with Crippen LogP contribution in [0.4, 0.5) is 0 Å². The molecule has 0 spiro atoms. The van der Waals surface area contributed by atoms with E-state index in [1.165, 1.54) is 17.5 Å². The maximum atomic E-state index is 12.1. The minimum atomic E-state index is -0.312. The lowest BCUT2D eigenvalue weighted by Gasteiger charge is -2.28. The fraction of sp³-hybridized carbons (Fsp3) is 0.333. The quantitative estimate of drug-likeness (QED) is 0.689. The molecule has 29 heavy (non-hydrogen) atoms. The van der Waals surface area contributed by atoms with Crippen molar-refractivity contribution >= 4 is 11.8 Å². The highest BCUT2D eigenvalue weighted by Gasteiger charge is 2.31. The number of carbonyl (C=O) groups is 2. The molecule has 0 aromatic heterocycles. The maximum Gasteiger partial charge on any atom is 0.335 e. The molecule has 8 nitrogen and oxygen atoms in total. The lowest BCUT2D eigenvalue weighted by atomic mass is 9.82. The van der Waals surface area contributed by atoms with Gasteiger partial charge in [0, 0.05) is 36.1 Å². The molecule has 3 N–H and O–H groups in total. The lowest BCUT2D eigenvalue weighted by molar-refractivity contribution is -0.580. The Labute approximate surface area is 168 Å².